The molecule has 1 atom stereocenters. The van der Waals surface area contributed by atoms with Gasteiger partial charge in [0, 0.05) is 26.2 Å². The van der Waals surface area contributed by atoms with Crippen LogP contribution in [-0.4, -0.2) is 36.2 Å². The molecule has 84 valence electrons. The fraction of sp³-hybridized carbons (Fsp3) is 0.417. The van der Waals surface area contributed by atoms with E-state index in [1.165, 1.54) is 0 Å². The van der Waals surface area contributed by atoms with Gasteiger partial charge in [0.25, 0.3) is 0 Å². The number of aromatic hydroxyl groups is 1. The Labute approximate surface area is 95.1 Å². The van der Waals surface area contributed by atoms with Gasteiger partial charge in [-0.25, -0.2) is 0 Å². The molecule has 1 fully saturated rings. The molecule has 4 nitrogen and oxygen atoms in total. The van der Waals surface area contributed by atoms with Gasteiger partial charge in [-0.15, -0.1) is 0 Å². The predicted octanol–water partition coefficient (Wildman–Crippen LogP) is 0.862. The molecule has 1 unspecified atom stereocenters. The molecule has 1 aliphatic heterocycles. The van der Waals surface area contributed by atoms with Crippen LogP contribution in [0.3, 0.4) is 0 Å². The Morgan fingerprint density at radius 1 is 1.38 bits per heavy atom. The van der Waals surface area contributed by atoms with E-state index in [0.29, 0.717) is 0 Å². The molecule has 2 N–H and O–H groups in total. The molecule has 0 aromatic heterocycles. The molecule has 0 aliphatic carbocycles. The van der Waals surface area contributed by atoms with Gasteiger partial charge in [0.05, 0.1) is 6.07 Å². The standard InChI is InChI=1S/C12H15N3O/c13-9-12(15-6-4-14-5-7-15)10-2-1-3-11(16)8-10/h1-3,8,12,14,16H,4-7H2. The third kappa shape index (κ3) is 2.32. The van der Waals surface area contributed by atoms with Crippen LogP contribution in [0.25, 0.3) is 0 Å². The third-order valence-electron chi connectivity index (χ3n) is 2.82. The van der Waals surface area contributed by atoms with Crippen molar-refractivity contribution >= 4 is 0 Å². The van der Waals surface area contributed by atoms with Crippen molar-refractivity contribution in [2.24, 2.45) is 0 Å². The summed E-state index contributed by atoms with van der Waals surface area (Å²) < 4.78 is 0. The number of phenols is 1. The lowest BCUT2D eigenvalue weighted by Gasteiger charge is -2.31. The molecule has 1 aromatic rings. The van der Waals surface area contributed by atoms with Crippen LogP contribution in [0.1, 0.15) is 11.6 Å². The minimum absolute atomic E-state index is 0.216. The molecule has 0 amide bonds. The van der Waals surface area contributed by atoms with E-state index in [1.807, 2.05) is 6.07 Å². The first kappa shape index (κ1) is 10.9. The summed E-state index contributed by atoms with van der Waals surface area (Å²) in [5.41, 5.74) is 0.865. The molecular formula is C12H15N3O. The van der Waals surface area contributed by atoms with E-state index in [2.05, 4.69) is 16.3 Å². The van der Waals surface area contributed by atoms with Gasteiger partial charge >= 0.3 is 0 Å². The van der Waals surface area contributed by atoms with E-state index >= 15 is 0 Å². The number of nitriles is 1. The van der Waals surface area contributed by atoms with Crippen molar-refractivity contribution in [2.75, 3.05) is 26.2 Å². The number of hydrogen-bond donors (Lipinski definition) is 2. The van der Waals surface area contributed by atoms with Crippen molar-refractivity contribution in [2.45, 2.75) is 6.04 Å². The zero-order valence-electron chi connectivity index (χ0n) is 9.06. The summed E-state index contributed by atoms with van der Waals surface area (Å²) in [5, 5.41) is 21.9. The topological polar surface area (TPSA) is 59.3 Å². The number of hydrogen-bond acceptors (Lipinski definition) is 4. The van der Waals surface area contributed by atoms with Gasteiger partial charge in [-0.2, -0.15) is 5.26 Å². The van der Waals surface area contributed by atoms with Crippen molar-refractivity contribution in [3.05, 3.63) is 29.8 Å². The molecule has 1 heterocycles. The summed E-state index contributed by atoms with van der Waals surface area (Å²) in [4.78, 5) is 2.13. The second-order valence-electron chi connectivity index (χ2n) is 3.91. The first-order valence-corrected chi connectivity index (χ1v) is 5.44. The highest BCUT2D eigenvalue weighted by Gasteiger charge is 2.21. The highest BCUT2D eigenvalue weighted by molar-refractivity contribution is 5.32. The van der Waals surface area contributed by atoms with E-state index < -0.39 is 0 Å². The fourth-order valence-corrected chi connectivity index (χ4v) is 2.00. The average molecular weight is 217 g/mol. The molecule has 1 aromatic carbocycles. The minimum atomic E-state index is -0.255. The summed E-state index contributed by atoms with van der Waals surface area (Å²) in [6.07, 6.45) is 0. The molecule has 0 bridgehead atoms. The number of nitrogens with one attached hydrogen (secondary N) is 1. The number of rotatable bonds is 2. The Morgan fingerprint density at radius 3 is 2.75 bits per heavy atom. The summed E-state index contributed by atoms with van der Waals surface area (Å²) >= 11 is 0. The maximum Gasteiger partial charge on any atom is 0.124 e. The number of piperazine rings is 1. The van der Waals surface area contributed by atoms with E-state index in [9.17, 15) is 10.4 Å². The number of phenolic OH excluding ortho intramolecular Hbond substituents is 1. The zero-order chi connectivity index (χ0) is 11.4. The van der Waals surface area contributed by atoms with Crippen LogP contribution in [0.5, 0.6) is 5.75 Å². The van der Waals surface area contributed by atoms with Gasteiger partial charge in [-0.3, -0.25) is 4.90 Å². The van der Waals surface area contributed by atoms with Gasteiger partial charge in [-0.05, 0) is 17.7 Å². The SMILES string of the molecule is N#CC(c1cccc(O)c1)N1CCNCC1. The summed E-state index contributed by atoms with van der Waals surface area (Å²) in [6.45, 7) is 3.57. The minimum Gasteiger partial charge on any atom is -0.508 e. The maximum absolute atomic E-state index is 9.42. The predicted molar refractivity (Wildman–Crippen MR) is 60.9 cm³/mol. The first-order chi connectivity index (χ1) is 7.81. The second kappa shape index (κ2) is 4.97. The van der Waals surface area contributed by atoms with Crippen LogP contribution in [0.2, 0.25) is 0 Å². The van der Waals surface area contributed by atoms with Gasteiger partial charge in [0.15, 0.2) is 0 Å². The molecule has 0 spiro atoms. The maximum atomic E-state index is 9.42. The Morgan fingerprint density at radius 2 is 2.12 bits per heavy atom. The lowest BCUT2D eigenvalue weighted by Crippen LogP contribution is -2.44. The highest BCUT2D eigenvalue weighted by Crippen LogP contribution is 2.23. The quantitative estimate of drug-likeness (QED) is 0.771. The lowest BCUT2D eigenvalue weighted by atomic mass is 10.1. The molecular weight excluding hydrogens is 202 g/mol. The van der Waals surface area contributed by atoms with Crippen molar-refractivity contribution in [3.63, 3.8) is 0 Å². The van der Waals surface area contributed by atoms with E-state index in [4.69, 9.17) is 0 Å². The van der Waals surface area contributed by atoms with E-state index in [0.717, 1.165) is 31.7 Å². The molecule has 1 saturated heterocycles. The van der Waals surface area contributed by atoms with Crippen molar-refractivity contribution in [1.82, 2.24) is 10.2 Å². The Balaban J connectivity index is 2.18. The second-order valence-corrected chi connectivity index (χ2v) is 3.91. The fourth-order valence-electron chi connectivity index (χ4n) is 2.00. The number of benzene rings is 1. The smallest absolute Gasteiger partial charge is 0.124 e. The monoisotopic (exact) mass is 217 g/mol. The van der Waals surface area contributed by atoms with Crippen LogP contribution in [0.4, 0.5) is 0 Å². The van der Waals surface area contributed by atoms with Crippen molar-refractivity contribution in [1.29, 1.82) is 5.26 Å². The molecule has 1 aliphatic rings. The zero-order valence-corrected chi connectivity index (χ0v) is 9.06. The van der Waals surface area contributed by atoms with Crippen LogP contribution in [-0.2, 0) is 0 Å². The van der Waals surface area contributed by atoms with Gasteiger partial charge in [0.2, 0.25) is 0 Å². The highest BCUT2D eigenvalue weighted by atomic mass is 16.3. The van der Waals surface area contributed by atoms with E-state index in [-0.39, 0.29) is 11.8 Å². The van der Waals surface area contributed by atoms with Crippen LogP contribution >= 0.6 is 0 Å². The van der Waals surface area contributed by atoms with Crippen molar-refractivity contribution in [3.8, 4) is 11.8 Å². The first-order valence-electron chi connectivity index (χ1n) is 5.44. The number of nitrogens with zero attached hydrogens (tertiary/aromatic N) is 2. The average Bonchev–Trinajstić information content (AvgIpc) is 2.31. The van der Waals surface area contributed by atoms with Crippen LogP contribution in [0.15, 0.2) is 24.3 Å². The Hall–Kier alpha value is -1.57. The lowest BCUT2D eigenvalue weighted by molar-refractivity contribution is 0.207. The molecule has 2 rings (SSSR count). The van der Waals surface area contributed by atoms with Gasteiger partial charge in [0.1, 0.15) is 11.8 Å². The largest absolute Gasteiger partial charge is 0.508 e. The third-order valence-corrected chi connectivity index (χ3v) is 2.82. The van der Waals surface area contributed by atoms with E-state index in [1.54, 1.807) is 18.2 Å². The van der Waals surface area contributed by atoms with Crippen LogP contribution in [0, 0.1) is 11.3 Å². The normalized spacial score (nSPS) is 18.9. The van der Waals surface area contributed by atoms with Crippen molar-refractivity contribution < 1.29 is 5.11 Å². The summed E-state index contributed by atoms with van der Waals surface area (Å²) in [6, 6.07) is 8.99. The molecule has 0 saturated carbocycles. The Kier molecular flexibility index (Phi) is 3.40. The molecule has 4 heteroatoms. The molecule has 16 heavy (non-hydrogen) atoms. The summed E-state index contributed by atoms with van der Waals surface area (Å²) in [7, 11) is 0. The Bertz CT molecular complexity index is 393. The van der Waals surface area contributed by atoms with Gasteiger partial charge < -0.3 is 10.4 Å². The summed E-state index contributed by atoms with van der Waals surface area (Å²) in [5.74, 6) is 0.216. The van der Waals surface area contributed by atoms with Gasteiger partial charge in [-0.1, -0.05) is 12.1 Å². The molecule has 0 radical (unpaired) electrons. The van der Waals surface area contributed by atoms with Crippen LogP contribution < -0.4 is 5.32 Å².